The smallest absolute Gasteiger partial charge is 0.222 e. The SMILES string of the molecule is CCCCCCCCCCCCCC/C=C\CCCCCCCCCC(O)CC(=O)NC(CO)C(O)/C=C/CC/C=C/CCCCCCCCCCCCCCCCCC. The molecule has 0 saturated heterocycles. The Labute approximate surface area is 374 Å². The number of nitrogens with one attached hydrogen (secondary N) is 1. The van der Waals surface area contributed by atoms with Crippen LogP contribution < -0.4 is 5.32 Å². The molecular weight excluding hydrogens is 739 g/mol. The number of hydrogen-bond donors (Lipinski definition) is 4. The minimum absolute atomic E-state index is 0.00392. The fraction of sp³-hybridized carbons (Fsp3) is 0.873. The Balaban J connectivity index is 3.63. The molecule has 0 aliphatic carbocycles. The molecule has 4 N–H and O–H groups in total. The third kappa shape index (κ3) is 46.1. The molecule has 0 aromatic rings. The maximum Gasteiger partial charge on any atom is 0.222 e. The van der Waals surface area contributed by atoms with Gasteiger partial charge in [0.15, 0.2) is 0 Å². The largest absolute Gasteiger partial charge is 0.394 e. The summed E-state index contributed by atoms with van der Waals surface area (Å²) in [6, 6.07) is -0.763. The maximum atomic E-state index is 12.5. The van der Waals surface area contributed by atoms with E-state index in [-0.39, 0.29) is 18.9 Å². The number of rotatable bonds is 49. The molecule has 5 heteroatoms. The summed E-state index contributed by atoms with van der Waals surface area (Å²) in [6.45, 7) is 4.23. The second-order valence-electron chi connectivity index (χ2n) is 18.5. The van der Waals surface area contributed by atoms with Crippen molar-refractivity contribution in [2.45, 2.75) is 302 Å². The van der Waals surface area contributed by atoms with Crippen LogP contribution in [0.15, 0.2) is 36.5 Å². The van der Waals surface area contributed by atoms with Crippen LogP contribution in [0.4, 0.5) is 0 Å². The molecule has 1 amide bonds. The van der Waals surface area contributed by atoms with Gasteiger partial charge in [-0.1, -0.05) is 256 Å². The van der Waals surface area contributed by atoms with Gasteiger partial charge in [-0.15, -0.1) is 0 Å². The van der Waals surface area contributed by atoms with Crippen LogP contribution in [0.1, 0.15) is 284 Å². The van der Waals surface area contributed by atoms with E-state index in [1.807, 2.05) is 6.08 Å². The lowest BCUT2D eigenvalue weighted by Gasteiger charge is -2.21. The predicted octanol–water partition coefficient (Wildman–Crippen LogP) is 16.3. The minimum Gasteiger partial charge on any atom is -0.394 e. The fourth-order valence-corrected chi connectivity index (χ4v) is 8.29. The monoisotopic (exact) mass is 844 g/mol. The molecule has 0 radical (unpaired) electrons. The molecule has 60 heavy (non-hydrogen) atoms. The van der Waals surface area contributed by atoms with Gasteiger partial charge in [-0.2, -0.15) is 0 Å². The van der Waals surface area contributed by atoms with Crippen molar-refractivity contribution in [3.05, 3.63) is 36.5 Å². The Bertz CT molecular complexity index is 931. The molecule has 0 bridgehead atoms. The molecule has 0 spiro atoms. The summed E-state index contributed by atoms with van der Waals surface area (Å²) in [6.07, 6.45) is 64.6. The molecule has 0 aromatic carbocycles. The number of aliphatic hydroxyl groups is 3. The van der Waals surface area contributed by atoms with Crippen LogP contribution in [0, 0.1) is 0 Å². The second kappa shape index (κ2) is 50.2. The fourth-order valence-electron chi connectivity index (χ4n) is 8.29. The molecule has 0 heterocycles. The first-order valence-corrected chi connectivity index (χ1v) is 26.8. The summed E-state index contributed by atoms with van der Waals surface area (Å²) in [4.78, 5) is 12.5. The quantitative estimate of drug-likeness (QED) is 0.0363. The van der Waals surface area contributed by atoms with Gasteiger partial charge in [0, 0.05) is 0 Å². The van der Waals surface area contributed by atoms with Crippen LogP contribution >= 0.6 is 0 Å². The number of hydrogen-bond acceptors (Lipinski definition) is 4. The number of allylic oxidation sites excluding steroid dienone is 5. The van der Waals surface area contributed by atoms with Crippen LogP contribution in [-0.4, -0.2) is 46.1 Å². The van der Waals surface area contributed by atoms with Crippen molar-refractivity contribution in [3.8, 4) is 0 Å². The molecule has 0 aliphatic heterocycles. The zero-order chi connectivity index (χ0) is 43.7. The molecule has 0 fully saturated rings. The molecule has 3 atom stereocenters. The number of carbonyl (C=O) groups is 1. The van der Waals surface area contributed by atoms with E-state index < -0.39 is 18.2 Å². The number of carbonyl (C=O) groups excluding carboxylic acids is 1. The van der Waals surface area contributed by atoms with Crippen molar-refractivity contribution >= 4 is 5.91 Å². The third-order valence-electron chi connectivity index (χ3n) is 12.4. The van der Waals surface area contributed by atoms with Crippen molar-refractivity contribution in [3.63, 3.8) is 0 Å². The zero-order valence-corrected chi connectivity index (χ0v) is 40.4. The average molecular weight is 844 g/mol. The highest BCUT2D eigenvalue weighted by molar-refractivity contribution is 5.76. The molecule has 5 nitrogen and oxygen atoms in total. The molecule has 3 unspecified atom stereocenters. The molecule has 354 valence electrons. The van der Waals surface area contributed by atoms with Crippen LogP contribution in [-0.2, 0) is 4.79 Å². The summed E-state index contributed by atoms with van der Waals surface area (Å²) in [5, 5.41) is 33.4. The standard InChI is InChI=1S/C55H105NO4/c1-3-5-7-9-11-13-15-17-19-21-23-25-27-28-30-32-34-36-38-40-42-44-46-48-52(58)50-55(60)56-53(51-57)54(59)49-47-45-43-41-39-37-35-33-31-29-26-24-22-20-18-16-14-12-10-8-6-4-2/h28,30,39,41,47,49,52-54,57-59H,3-27,29,31-38,40,42-46,48,50-51H2,1-2H3,(H,56,60)/b30-28-,41-39+,49-47+. The van der Waals surface area contributed by atoms with Gasteiger partial charge in [0.25, 0.3) is 0 Å². The van der Waals surface area contributed by atoms with E-state index in [1.54, 1.807) is 6.08 Å². The third-order valence-corrected chi connectivity index (χ3v) is 12.4. The zero-order valence-electron chi connectivity index (χ0n) is 40.4. The van der Waals surface area contributed by atoms with Crippen LogP contribution in [0.25, 0.3) is 0 Å². The molecule has 0 rings (SSSR count). The normalized spacial score (nSPS) is 13.6. The van der Waals surface area contributed by atoms with Gasteiger partial charge in [0.05, 0.1) is 31.3 Å². The topological polar surface area (TPSA) is 89.8 Å². The van der Waals surface area contributed by atoms with Crippen molar-refractivity contribution in [1.29, 1.82) is 0 Å². The lowest BCUT2D eigenvalue weighted by Crippen LogP contribution is -2.45. The maximum absolute atomic E-state index is 12.5. The van der Waals surface area contributed by atoms with E-state index in [0.717, 1.165) is 32.1 Å². The van der Waals surface area contributed by atoms with E-state index in [2.05, 4.69) is 43.5 Å². The van der Waals surface area contributed by atoms with E-state index in [4.69, 9.17) is 0 Å². The number of aliphatic hydroxyl groups excluding tert-OH is 3. The van der Waals surface area contributed by atoms with Gasteiger partial charge in [-0.3, -0.25) is 4.79 Å². The highest BCUT2D eigenvalue weighted by Crippen LogP contribution is 2.16. The molecular formula is C55H105NO4. The van der Waals surface area contributed by atoms with Crippen LogP contribution in [0.5, 0.6) is 0 Å². The summed E-state index contributed by atoms with van der Waals surface area (Å²) in [7, 11) is 0. The van der Waals surface area contributed by atoms with Crippen molar-refractivity contribution in [2.24, 2.45) is 0 Å². The Morgan fingerprint density at radius 1 is 0.417 bits per heavy atom. The second-order valence-corrected chi connectivity index (χ2v) is 18.5. The number of amides is 1. The average Bonchev–Trinajstić information content (AvgIpc) is 3.24. The summed E-state index contributed by atoms with van der Waals surface area (Å²) in [5.74, 6) is -0.325. The van der Waals surface area contributed by atoms with E-state index in [0.29, 0.717) is 6.42 Å². The van der Waals surface area contributed by atoms with Gasteiger partial charge < -0.3 is 20.6 Å². The Morgan fingerprint density at radius 3 is 1.07 bits per heavy atom. The van der Waals surface area contributed by atoms with E-state index >= 15 is 0 Å². The summed E-state index contributed by atoms with van der Waals surface area (Å²) < 4.78 is 0. The van der Waals surface area contributed by atoms with Crippen molar-refractivity contribution < 1.29 is 20.1 Å². The van der Waals surface area contributed by atoms with E-state index in [1.165, 1.54) is 225 Å². The summed E-state index contributed by atoms with van der Waals surface area (Å²) >= 11 is 0. The molecule has 0 aromatic heterocycles. The number of unbranched alkanes of at least 4 members (excludes halogenated alkanes) is 36. The van der Waals surface area contributed by atoms with Gasteiger partial charge in [0.1, 0.15) is 0 Å². The molecule has 0 saturated carbocycles. The van der Waals surface area contributed by atoms with Crippen LogP contribution in [0.2, 0.25) is 0 Å². The van der Waals surface area contributed by atoms with Crippen molar-refractivity contribution in [2.75, 3.05) is 6.61 Å². The van der Waals surface area contributed by atoms with Crippen LogP contribution in [0.3, 0.4) is 0 Å². The lowest BCUT2D eigenvalue weighted by molar-refractivity contribution is -0.124. The van der Waals surface area contributed by atoms with Gasteiger partial charge >= 0.3 is 0 Å². The highest BCUT2D eigenvalue weighted by atomic mass is 16.3. The van der Waals surface area contributed by atoms with E-state index in [9.17, 15) is 20.1 Å². The van der Waals surface area contributed by atoms with Crippen molar-refractivity contribution in [1.82, 2.24) is 5.32 Å². The minimum atomic E-state index is -0.953. The Morgan fingerprint density at radius 2 is 0.717 bits per heavy atom. The first kappa shape index (κ1) is 58.6. The summed E-state index contributed by atoms with van der Waals surface area (Å²) in [5.41, 5.74) is 0. The molecule has 0 aliphatic rings. The lowest BCUT2D eigenvalue weighted by atomic mass is 10.0. The Kier molecular flexibility index (Phi) is 49.0. The highest BCUT2D eigenvalue weighted by Gasteiger charge is 2.20. The first-order valence-electron chi connectivity index (χ1n) is 26.8. The predicted molar refractivity (Wildman–Crippen MR) is 264 cm³/mol. The van der Waals surface area contributed by atoms with Gasteiger partial charge in [0.2, 0.25) is 5.91 Å². The van der Waals surface area contributed by atoms with Gasteiger partial charge in [-0.25, -0.2) is 0 Å². The first-order chi connectivity index (χ1) is 29.5. The van der Waals surface area contributed by atoms with Gasteiger partial charge in [-0.05, 0) is 57.8 Å². The Hall–Kier alpha value is -1.43.